The monoisotopic (exact) mass is 299 g/mol. The highest BCUT2D eigenvalue weighted by molar-refractivity contribution is 5.77. The Labute approximate surface area is 130 Å². The van der Waals surface area contributed by atoms with Crippen molar-refractivity contribution in [2.24, 2.45) is 0 Å². The molecule has 2 heterocycles. The summed E-state index contributed by atoms with van der Waals surface area (Å²) in [5.74, 6) is 0.00760. The van der Waals surface area contributed by atoms with Crippen molar-refractivity contribution in [1.29, 1.82) is 0 Å². The number of piperidine rings is 1. The fraction of sp³-hybridized carbons (Fsp3) is 0.412. The number of rotatable bonds is 4. The maximum Gasteiger partial charge on any atom is 0.225 e. The summed E-state index contributed by atoms with van der Waals surface area (Å²) in [5.41, 5.74) is 0.788. The molecule has 1 N–H and O–H groups in total. The van der Waals surface area contributed by atoms with Gasteiger partial charge in [-0.3, -0.25) is 9.48 Å². The average Bonchev–Trinajstić information content (AvgIpc) is 3.10. The molecule has 1 aromatic carbocycles. The van der Waals surface area contributed by atoms with Gasteiger partial charge in [0.15, 0.2) is 0 Å². The summed E-state index contributed by atoms with van der Waals surface area (Å²) in [6, 6.07) is 11.5. The number of aliphatic hydroxyl groups is 1. The lowest BCUT2D eigenvalue weighted by Gasteiger charge is -2.33. The van der Waals surface area contributed by atoms with Crippen LogP contribution in [0.2, 0.25) is 0 Å². The van der Waals surface area contributed by atoms with E-state index < -0.39 is 6.10 Å². The minimum absolute atomic E-state index is 0.00760. The summed E-state index contributed by atoms with van der Waals surface area (Å²) < 4.78 is 1.92. The predicted octanol–water partition coefficient (Wildman–Crippen LogP) is 2.17. The van der Waals surface area contributed by atoms with Crippen LogP contribution in [0.3, 0.4) is 0 Å². The van der Waals surface area contributed by atoms with E-state index in [-0.39, 0.29) is 18.4 Å². The number of likely N-dealkylation sites (tertiary alicyclic amines) is 1. The Kier molecular flexibility index (Phi) is 4.53. The molecule has 0 saturated carbocycles. The van der Waals surface area contributed by atoms with Gasteiger partial charge in [-0.05, 0) is 24.5 Å². The first kappa shape index (κ1) is 14.8. The van der Waals surface area contributed by atoms with E-state index in [1.165, 1.54) is 0 Å². The van der Waals surface area contributed by atoms with E-state index in [9.17, 15) is 9.90 Å². The molecule has 5 nitrogen and oxygen atoms in total. The Morgan fingerprint density at radius 2 is 2.14 bits per heavy atom. The first-order valence-electron chi connectivity index (χ1n) is 7.74. The Bertz CT molecular complexity index is 598. The Hall–Kier alpha value is -2.14. The minimum Gasteiger partial charge on any atom is -0.388 e. The average molecular weight is 299 g/mol. The van der Waals surface area contributed by atoms with E-state index >= 15 is 0 Å². The van der Waals surface area contributed by atoms with Crippen molar-refractivity contribution in [2.75, 3.05) is 13.1 Å². The molecule has 3 rings (SSSR count). The molecule has 5 heteroatoms. The van der Waals surface area contributed by atoms with Crippen LogP contribution < -0.4 is 0 Å². The topological polar surface area (TPSA) is 58.4 Å². The third kappa shape index (κ3) is 3.36. The number of benzene rings is 1. The fourth-order valence-electron chi connectivity index (χ4n) is 2.98. The van der Waals surface area contributed by atoms with Gasteiger partial charge < -0.3 is 10.0 Å². The zero-order valence-corrected chi connectivity index (χ0v) is 12.5. The lowest BCUT2D eigenvalue weighted by Crippen LogP contribution is -2.41. The van der Waals surface area contributed by atoms with Crippen LogP contribution in [0.4, 0.5) is 0 Å². The van der Waals surface area contributed by atoms with Gasteiger partial charge in [0.2, 0.25) is 5.91 Å². The van der Waals surface area contributed by atoms with Gasteiger partial charge in [0.1, 0.15) is 0 Å². The van der Waals surface area contributed by atoms with Gasteiger partial charge in [0.25, 0.3) is 0 Å². The zero-order chi connectivity index (χ0) is 15.4. The van der Waals surface area contributed by atoms with Crippen molar-refractivity contribution in [3.8, 4) is 0 Å². The summed E-state index contributed by atoms with van der Waals surface area (Å²) in [7, 11) is 0. The minimum atomic E-state index is -0.737. The van der Waals surface area contributed by atoms with Crippen LogP contribution in [0.25, 0.3) is 0 Å². The van der Waals surface area contributed by atoms with E-state index in [1.807, 2.05) is 52.2 Å². The van der Waals surface area contributed by atoms with Crippen molar-refractivity contribution < 1.29 is 9.90 Å². The third-order valence-corrected chi connectivity index (χ3v) is 4.20. The molecule has 0 spiro atoms. The van der Waals surface area contributed by atoms with Gasteiger partial charge in [-0.25, -0.2) is 0 Å². The van der Waals surface area contributed by atoms with E-state index in [0.29, 0.717) is 6.54 Å². The number of aromatic nitrogens is 2. The van der Waals surface area contributed by atoms with Crippen LogP contribution >= 0.6 is 0 Å². The molecule has 2 atom stereocenters. The standard InChI is InChI=1S/C17H21N3O2/c21-16(14-6-2-1-3-7-14)12-17(22)19-10-4-8-15(13-19)20-11-5-9-18-20/h1-3,5-7,9,11,15-16,21H,4,8,10,12-13H2. The number of amides is 1. The fourth-order valence-corrected chi connectivity index (χ4v) is 2.98. The van der Waals surface area contributed by atoms with Crippen molar-refractivity contribution >= 4 is 5.91 Å². The first-order chi connectivity index (χ1) is 10.7. The van der Waals surface area contributed by atoms with Crippen molar-refractivity contribution in [2.45, 2.75) is 31.4 Å². The normalized spacial score (nSPS) is 19.9. The van der Waals surface area contributed by atoms with Crippen LogP contribution in [-0.2, 0) is 4.79 Å². The molecule has 116 valence electrons. The second-order valence-electron chi connectivity index (χ2n) is 5.75. The van der Waals surface area contributed by atoms with Crippen LogP contribution in [0.15, 0.2) is 48.8 Å². The van der Waals surface area contributed by atoms with Crippen molar-refractivity contribution in [3.63, 3.8) is 0 Å². The summed E-state index contributed by atoms with van der Waals surface area (Å²) in [4.78, 5) is 14.3. The van der Waals surface area contributed by atoms with Gasteiger partial charge in [-0.15, -0.1) is 0 Å². The second kappa shape index (κ2) is 6.75. The molecule has 2 aromatic rings. The van der Waals surface area contributed by atoms with Crippen molar-refractivity contribution in [1.82, 2.24) is 14.7 Å². The molecule has 2 unspecified atom stereocenters. The van der Waals surface area contributed by atoms with Gasteiger partial charge >= 0.3 is 0 Å². The Morgan fingerprint density at radius 3 is 2.86 bits per heavy atom. The highest BCUT2D eigenvalue weighted by atomic mass is 16.3. The molecule has 1 aliphatic heterocycles. The summed E-state index contributed by atoms with van der Waals surface area (Å²) in [6.45, 7) is 1.43. The third-order valence-electron chi connectivity index (χ3n) is 4.20. The van der Waals surface area contributed by atoms with E-state index in [2.05, 4.69) is 5.10 Å². The molecule has 1 aromatic heterocycles. The highest BCUT2D eigenvalue weighted by Gasteiger charge is 2.26. The maximum atomic E-state index is 12.4. The molecule has 1 fully saturated rings. The lowest BCUT2D eigenvalue weighted by molar-refractivity contribution is -0.135. The summed E-state index contributed by atoms with van der Waals surface area (Å²) in [5, 5.41) is 14.5. The number of carbonyl (C=O) groups excluding carboxylic acids is 1. The van der Waals surface area contributed by atoms with Crippen LogP contribution in [0.5, 0.6) is 0 Å². The molecular weight excluding hydrogens is 278 g/mol. The van der Waals surface area contributed by atoms with E-state index in [0.717, 1.165) is 24.9 Å². The number of hydrogen-bond donors (Lipinski definition) is 1. The highest BCUT2D eigenvalue weighted by Crippen LogP contribution is 2.23. The lowest BCUT2D eigenvalue weighted by atomic mass is 10.0. The molecule has 0 radical (unpaired) electrons. The van der Waals surface area contributed by atoms with E-state index in [4.69, 9.17) is 0 Å². The molecule has 1 amide bonds. The molecule has 22 heavy (non-hydrogen) atoms. The van der Waals surface area contributed by atoms with Crippen LogP contribution in [0, 0.1) is 0 Å². The van der Waals surface area contributed by atoms with Crippen LogP contribution in [0.1, 0.15) is 37.0 Å². The number of aliphatic hydroxyl groups excluding tert-OH is 1. The van der Waals surface area contributed by atoms with Gasteiger partial charge in [0, 0.05) is 25.5 Å². The maximum absolute atomic E-state index is 12.4. The smallest absolute Gasteiger partial charge is 0.225 e. The van der Waals surface area contributed by atoms with Gasteiger partial charge in [0.05, 0.1) is 18.6 Å². The van der Waals surface area contributed by atoms with Crippen LogP contribution in [-0.4, -0.2) is 38.8 Å². The largest absolute Gasteiger partial charge is 0.388 e. The Balaban J connectivity index is 1.60. The summed E-state index contributed by atoms with van der Waals surface area (Å²) in [6.07, 6.45) is 5.11. The van der Waals surface area contributed by atoms with Gasteiger partial charge in [-0.1, -0.05) is 30.3 Å². The number of hydrogen-bond acceptors (Lipinski definition) is 3. The zero-order valence-electron chi connectivity index (χ0n) is 12.5. The van der Waals surface area contributed by atoms with Crippen molar-refractivity contribution in [3.05, 3.63) is 54.4 Å². The van der Waals surface area contributed by atoms with E-state index in [1.54, 1.807) is 6.20 Å². The predicted molar refractivity (Wildman–Crippen MR) is 83.1 cm³/mol. The molecule has 0 aliphatic carbocycles. The Morgan fingerprint density at radius 1 is 1.32 bits per heavy atom. The van der Waals surface area contributed by atoms with Gasteiger partial charge in [-0.2, -0.15) is 5.10 Å². The first-order valence-corrected chi connectivity index (χ1v) is 7.74. The molecule has 1 saturated heterocycles. The number of nitrogens with zero attached hydrogens (tertiary/aromatic N) is 3. The second-order valence-corrected chi connectivity index (χ2v) is 5.75. The quantitative estimate of drug-likeness (QED) is 0.941. The molecule has 0 bridgehead atoms. The summed E-state index contributed by atoms with van der Waals surface area (Å²) >= 11 is 0. The SMILES string of the molecule is O=C(CC(O)c1ccccc1)N1CCCC(n2cccn2)C1. The molecule has 1 aliphatic rings. The number of carbonyl (C=O) groups is 1. The molecular formula is C17H21N3O2.